The van der Waals surface area contributed by atoms with E-state index in [4.69, 9.17) is 0 Å². The number of rotatable bonds is 2. The topological polar surface area (TPSA) is 0 Å². The highest BCUT2D eigenvalue weighted by Crippen LogP contribution is 2.46. The Morgan fingerprint density at radius 1 is 0.262 bits per heavy atom. The Hall–Kier alpha value is -5.46. The van der Waals surface area contributed by atoms with Crippen molar-refractivity contribution in [3.8, 4) is 22.3 Å². The van der Waals surface area contributed by atoms with Gasteiger partial charge in [-0.25, -0.2) is 0 Å². The molecule has 9 rings (SSSR count). The van der Waals surface area contributed by atoms with Crippen LogP contribution >= 0.6 is 0 Å². The average Bonchev–Trinajstić information content (AvgIpc) is 3.07. The minimum atomic E-state index is 1.24. The van der Waals surface area contributed by atoms with Crippen molar-refractivity contribution in [3.05, 3.63) is 158 Å². The maximum Gasteiger partial charge on any atom is -0.00139 e. The second-order valence-corrected chi connectivity index (χ2v) is 11.2. The number of benzene rings is 9. The molecule has 0 aliphatic carbocycles. The molecule has 0 fully saturated rings. The highest BCUT2D eigenvalue weighted by molar-refractivity contribution is 6.39. The van der Waals surface area contributed by atoms with Gasteiger partial charge >= 0.3 is 0 Å². The molecule has 0 bridgehead atoms. The third kappa shape index (κ3) is 3.30. The predicted octanol–water partition coefficient (Wildman–Crippen LogP) is 11.9. The van der Waals surface area contributed by atoms with Gasteiger partial charge in [0.2, 0.25) is 0 Å². The summed E-state index contributed by atoms with van der Waals surface area (Å²) in [6.45, 7) is 0. The molecule has 0 unspecified atom stereocenters. The summed E-state index contributed by atoms with van der Waals surface area (Å²) in [5, 5.41) is 15.7. The fraction of sp³-hybridized carbons (Fsp3) is 0. The smallest absolute Gasteiger partial charge is 0.00139 e. The zero-order valence-corrected chi connectivity index (χ0v) is 23.0. The molecular weight excluding hydrogens is 504 g/mol. The number of hydrogen-bond acceptors (Lipinski definition) is 0. The number of fused-ring (bicyclic) bond motifs is 12. The van der Waals surface area contributed by atoms with Crippen molar-refractivity contribution >= 4 is 64.6 Å². The molecule has 0 saturated heterocycles. The van der Waals surface area contributed by atoms with Crippen molar-refractivity contribution in [1.29, 1.82) is 0 Å². The molecule has 194 valence electrons. The van der Waals surface area contributed by atoms with E-state index in [0.717, 1.165) is 0 Å². The summed E-state index contributed by atoms with van der Waals surface area (Å²) in [4.78, 5) is 0. The van der Waals surface area contributed by atoms with Gasteiger partial charge in [0.25, 0.3) is 0 Å². The molecule has 0 aliphatic heterocycles. The third-order valence-corrected chi connectivity index (χ3v) is 9.01. The van der Waals surface area contributed by atoms with Crippen molar-refractivity contribution in [2.24, 2.45) is 0 Å². The largest absolute Gasteiger partial charge is 0.0622 e. The van der Waals surface area contributed by atoms with Gasteiger partial charge in [-0.1, -0.05) is 152 Å². The van der Waals surface area contributed by atoms with Crippen LogP contribution in [0.15, 0.2) is 158 Å². The zero-order chi connectivity index (χ0) is 27.6. The van der Waals surface area contributed by atoms with Gasteiger partial charge in [0.1, 0.15) is 0 Å². The molecule has 0 aromatic heterocycles. The lowest BCUT2D eigenvalue weighted by molar-refractivity contribution is 1.62. The maximum atomic E-state index is 2.44. The molecule has 0 aliphatic rings. The lowest BCUT2D eigenvalue weighted by atomic mass is 9.85. The van der Waals surface area contributed by atoms with Gasteiger partial charge in [0, 0.05) is 0 Å². The van der Waals surface area contributed by atoms with Gasteiger partial charge in [-0.15, -0.1) is 0 Å². The van der Waals surface area contributed by atoms with Crippen LogP contribution in [0.5, 0.6) is 0 Å². The minimum Gasteiger partial charge on any atom is -0.0622 e. The van der Waals surface area contributed by atoms with Crippen LogP contribution in [0.3, 0.4) is 0 Å². The van der Waals surface area contributed by atoms with Crippen molar-refractivity contribution in [2.75, 3.05) is 0 Å². The second kappa shape index (κ2) is 9.03. The van der Waals surface area contributed by atoms with Gasteiger partial charge in [0.15, 0.2) is 0 Å². The lowest BCUT2D eigenvalue weighted by Gasteiger charge is -2.18. The molecule has 0 saturated carbocycles. The van der Waals surface area contributed by atoms with E-state index in [1.807, 2.05) is 0 Å². The first-order valence-electron chi connectivity index (χ1n) is 14.6. The SMILES string of the molecule is c1ccc(-c2ccc3ccccc3c2-c2ccc3c(c2)c2ccccc2c2c4ccccc4c4ccccc4c32)cc1. The normalized spacial score (nSPS) is 11.8. The van der Waals surface area contributed by atoms with Crippen LogP contribution in [0.25, 0.3) is 86.9 Å². The molecule has 0 atom stereocenters. The van der Waals surface area contributed by atoms with Crippen molar-refractivity contribution < 1.29 is 0 Å². The molecule has 0 nitrogen and oxygen atoms in total. The van der Waals surface area contributed by atoms with E-state index in [2.05, 4.69) is 158 Å². The van der Waals surface area contributed by atoms with E-state index in [9.17, 15) is 0 Å². The van der Waals surface area contributed by atoms with Crippen molar-refractivity contribution in [3.63, 3.8) is 0 Å². The van der Waals surface area contributed by atoms with Gasteiger partial charge in [-0.05, 0) is 93.0 Å². The monoisotopic (exact) mass is 530 g/mol. The molecule has 9 aromatic rings. The quantitative estimate of drug-likeness (QED) is 0.195. The van der Waals surface area contributed by atoms with Crippen LogP contribution in [-0.4, -0.2) is 0 Å². The first-order chi connectivity index (χ1) is 20.9. The minimum absolute atomic E-state index is 1.24. The highest BCUT2D eigenvalue weighted by Gasteiger charge is 2.18. The van der Waals surface area contributed by atoms with E-state index in [-0.39, 0.29) is 0 Å². The lowest BCUT2D eigenvalue weighted by Crippen LogP contribution is -1.91. The van der Waals surface area contributed by atoms with E-state index < -0.39 is 0 Å². The van der Waals surface area contributed by atoms with Crippen LogP contribution in [0.4, 0.5) is 0 Å². The fourth-order valence-electron chi connectivity index (χ4n) is 7.22. The van der Waals surface area contributed by atoms with Crippen LogP contribution in [0.1, 0.15) is 0 Å². The third-order valence-electron chi connectivity index (χ3n) is 9.01. The molecule has 0 N–H and O–H groups in total. The van der Waals surface area contributed by atoms with Gasteiger partial charge in [0.05, 0.1) is 0 Å². The summed E-state index contributed by atoms with van der Waals surface area (Å²) in [5.41, 5.74) is 5.02. The van der Waals surface area contributed by atoms with Gasteiger partial charge < -0.3 is 0 Å². The summed E-state index contributed by atoms with van der Waals surface area (Å²) in [5.74, 6) is 0. The van der Waals surface area contributed by atoms with Crippen LogP contribution in [0, 0.1) is 0 Å². The Morgan fingerprint density at radius 3 is 1.36 bits per heavy atom. The Labute approximate surface area is 244 Å². The first-order valence-corrected chi connectivity index (χ1v) is 14.6. The summed E-state index contributed by atoms with van der Waals surface area (Å²) < 4.78 is 0. The molecule has 0 heterocycles. The Kier molecular flexibility index (Phi) is 5.00. The summed E-state index contributed by atoms with van der Waals surface area (Å²) in [6.07, 6.45) is 0. The Morgan fingerprint density at radius 2 is 0.738 bits per heavy atom. The molecule has 0 heteroatoms. The van der Waals surface area contributed by atoms with Crippen molar-refractivity contribution in [1.82, 2.24) is 0 Å². The van der Waals surface area contributed by atoms with Gasteiger partial charge in [-0.2, -0.15) is 0 Å². The van der Waals surface area contributed by atoms with E-state index >= 15 is 0 Å². The van der Waals surface area contributed by atoms with Crippen LogP contribution < -0.4 is 0 Å². The second-order valence-electron chi connectivity index (χ2n) is 11.2. The van der Waals surface area contributed by atoms with Crippen molar-refractivity contribution in [2.45, 2.75) is 0 Å². The highest BCUT2D eigenvalue weighted by atomic mass is 14.2. The molecule has 9 aromatic carbocycles. The average molecular weight is 531 g/mol. The van der Waals surface area contributed by atoms with Crippen LogP contribution in [0.2, 0.25) is 0 Å². The van der Waals surface area contributed by atoms with E-state index in [1.54, 1.807) is 0 Å². The van der Waals surface area contributed by atoms with E-state index in [1.165, 1.54) is 86.9 Å². The standard InChI is InChI=1S/C42H26/c1-2-12-27(13-3-1)31-24-22-28-14-4-5-15-30(28)40(31)29-23-25-38-39(26-29)34-18-8-11-21-37(34)41-35-19-9-6-16-32(35)33-17-7-10-20-36(33)42(38)41/h1-26H. The molecule has 0 spiro atoms. The Balaban J connectivity index is 1.48. The van der Waals surface area contributed by atoms with Crippen LogP contribution in [-0.2, 0) is 0 Å². The first kappa shape index (κ1) is 23.3. The maximum absolute atomic E-state index is 2.44. The number of hydrogen-bond donors (Lipinski definition) is 0. The molecule has 0 radical (unpaired) electrons. The zero-order valence-electron chi connectivity index (χ0n) is 23.0. The molecular formula is C42H26. The summed E-state index contributed by atoms with van der Waals surface area (Å²) >= 11 is 0. The molecule has 0 amide bonds. The van der Waals surface area contributed by atoms with E-state index in [0.29, 0.717) is 0 Å². The summed E-state index contributed by atoms with van der Waals surface area (Å²) in [6, 6.07) is 58.0. The fourth-order valence-corrected chi connectivity index (χ4v) is 7.22. The predicted molar refractivity (Wildman–Crippen MR) is 182 cm³/mol. The Bertz CT molecular complexity index is 2500. The molecule has 42 heavy (non-hydrogen) atoms. The summed E-state index contributed by atoms with van der Waals surface area (Å²) in [7, 11) is 0. The van der Waals surface area contributed by atoms with Gasteiger partial charge in [-0.3, -0.25) is 0 Å².